The summed E-state index contributed by atoms with van der Waals surface area (Å²) >= 11 is 8.99. The van der Waals surface area contributed by atoms with E-state index < -0.39 is 0 Å². The number of hydrogen-bond acceptors (Lipinski definition) is 1. The SMILES string of the molecule is C1CCOC1.Clc1ccc[c]([Mg][Br])c1. The van der Waals surface area contributed by atoms with Gasteiger partial charge in [0.05, 0.1) is 0 Å². The average molecular weight is 288 g/mol. The first-order valence-electron chi connectivity index (χ1n) is 4.71. The molecule has 0 N–H and O–H groups in total. The minimum absolute atomic E-state index is 0.202. The van der Waals surface area contributed by atoms with Gasteiger partial charge in [-0.25, -0.2) is 0 Å². The van der Waals surface area contributed by atoms with E-state index in [0.717, 1.165) is 18.2 Å². The lowest BCUT2D eigenvalue weighted by molar-refractivity contribution is 0.198. The summed E-state index contributed by atoms with van der Waals surface area (Å²) in [4.78, 5) is 0. The highest BCUT2D eigenvalue weighted by molar-refractivity contribution is 9.23. The highest BCUT2D eigenvalue weighted by Crippen LogP contribution is 2.03. The quantitative estimate of drug-likeness (QED) is 0.722. The Balaban J connectivity index is 0.000000165. The van der Waals surface area contributed by atoms with Crippen molar-refractivity contribution >= 4 is 46.4 Å². The lowest BCUT2D eigenvalue weighted by Crippen LogP contribution is -2.05. The maximum Gasteiger partial charge on any atom is 0.506 e. The van der Waals surface area contributed by atoms with Crippen LogP contribution < -0.4 is 3.69 Å². The predicted octanol–water partition coefficient (Wildman–Crippen LogP) is 2.78. The fraction of sp³-hybridized carbons (Fsp3) is 0.400. The van der Waals surface area contributed by atoms with Crippen LogP contribution >= 0.6 is 24.5 Å². The summed E-state index contributed by atoms with van der Waals surface area (Å²) in [5.41, 5.74) is 0. The van der Waals surface area contributed by atoms with Crippen molar-refractivity contribution in [2.45, 2.75) is 12.8 Å². The third-order valence-corrected chi connectivity index (χ3v) is 4.80. The van der Waals surface area contributed by atoms with Gasteiger partial charge in [-0.3, -0.25) is 12.9 Å². The Morgan fingerprint density at radius 3 is 2.36 bits per heavy atom. The molecule has 1 aliphatic rings. The van der Waals surface area contributed by atoms with Crippen LogP contribution in [0, 0.1) is 0 Å². The van der Waals surface area contributed by atoms with Crippen LogP contribution in [0.4, 0.5) is 0 Å². The highest BCUT2D eigenvalue weighted by Gasteiger charge is 1.94. The van der Waals surface area contributed by atoms with E-state index in [4.69, 9.17) is 16.3 Å². The van der Waals surface area contributed by atoms with Crippen LogP contribution in [0.5, 0.6) is 0 Å². The van der Waals surface area contributed by atoms with Crippen LogP contribution in [-0.4, -0.2) is 31.4 Å². The number of halogens is 2. The monoisotopic (exact) mass is 286 g/mol. The largest absolute Gasteiger partial charge is 0.506 e. The Morgan fingerprint density at radius 1 is 1.29 bits per heavy atom. The fourth-order valence-corrected chi connectivity index (χ4v) is 3.04. The van der Waals surface area contributed by atoms with Gasteiger partial charge in [0, 0.05) is 18.2 Å². The van der Waals surface area contributed by atoms with Gasteiger partial charge >= 0.3 is 18.2 Å². The van der Waals surface area contributed by atoms with Crippen LogP contribution in [0.1, 0.15) is 12.8 Å². The molecule has 74 valence electrons. The van der Waals surface area contributed by atoms with Gasteiger partial charge in [0.15, 0.2) is 0 Å². The van der Waals surface area contributed by atoms with Crippen LogP contribution in [0.2, 0.25) is 5.02 Å². The Hall–Kier alpha value is 0.716. The van der Waals surface area contributed by atoms with E-state index in [-0.39, 0.29) is 18.2 Å². The van der Waals surface area contributed by atoms with Gasteiger partial charge in [-0.1, -0.05) is 29.8 Å². The van der Waals surface area contributed by atoms with Gasteiger partial charge < -0.3 is 4.74 Å². The molecule has 0 bridgehead atoms. The topological polar surface area (TPSA) is 9.23 Å². The predicted molar refractivity (Wildman–Crippen MR) is 65.8 cm³/mol. The maximum atomic E-state index is 5.72. The van der Waals surface area contributed by atoms with Crippen LogP contribution in [0.15, 0.2) is 24.3 Å². The molecule has 4 heteroatoms. The van der Waals surface area contributed by atoms with Gasteiger partial charge in [0.25, 0.3) is 0 Å². The molecular formula is C10H12BrClMgO. The molecule has 0 unspecified atom stereocenters. The van der Waals surface area contributed by atoms with Crippen molar-refractivity contribution in [1.29, 1.82) is 0 Å². The van der Waals surface area contributed by atoms with Crippen molar-refractivity contribution in [3.8, 4) is 0 Å². The summed E-state index contributed by atoms with van der Waals surface area (Å²) in [7, 11) is 0. The molecule has 1 aromatic carbocycles. The van der Waals surface area contributed by atoms with Gasteiger partial charge in [0.2, 0.25) is 0 Å². The molecular weight excluding hydrogens is 276 g/mol. The lowest BCUT2D eigenvalue weighted by atomic mass is 10.4. The molecule has 1 saturated heterocycles. The van der Waals surface area contributed by atoms with Crippen molar-refractivity contribution in [3.05, 3.63) is 29.3 Å². The molecule has 0 radical (unpaired) electrons. The molecule has 2 rings (SSSR count). The zero-order chi connectivity index (χ0) is 10.2. The van der Waals surface area contributed by atoms with E-state index in [0.29, 0.717) is 0 Å². The number of hydrogen-bond donors (Lipinski definition) is 0. The number of rotatable bonds is 1. The molecule has 0 aromatic heterocycles. The summed E-state index contributed by atoms with van der Waals surface area (Å²) in [6.45, 7) is 2.00. The average Bonchev–Trinajstić information content (AvgIpc) is 2.75. The Kier molecular flexibility index (Phi) is 7.25. The molecule has 1 fully saturated rings. The van der Waals surface area contributed by atoms with Crippen LogP contribution in [-0.2, 0) is 4.74 Å². The van der Waals surface area contributed by atoms with Crippen LogP contribution in [0.25, 0.3) is 0 Å². The van der Waals surface area contributed by atoms with Crippen molar-refractivity contribution in [2.75, 3.05) is 13.2 Å². The molecule has 1 aromatic rings. The van der Waals surface area contributed by atoms with E-state index in [1.807, 2.05) is 18.2 Å². The zero-order valence-electron chi connectivity index (χ0n) is 8.01. The second-order valence-corrected chi connectivity index (χ2v) is 6.29. The van der Waals surface area contributed by atoms with Crippen molar-refractivity contribution < 1.29 is 4.74 Å². The molecule has 1 nitrogen and oxygen atoms in total. The highest BCUT2D eigenvalue weighted by atomic mass is 79.9. The van der Waals surface area contributed by atoms with Gasteiger partial charge in [0.1, 0.15) is 0 Å². The van der Waals surface area contributed by atoms with Crippen LogP contribution in [0.3, 0.4) is 0 Å². The third-order valence-electron chi connectivity index (χ3n) is 1.87. The molecule has 14 heavy (non-hydrogen) atoms. The summed E-state index contributed by atoms with van der Waals surface area (Å²) in [5.74, 6) is 0. The molecule has 0 saturated carbocycles. The maximum absolute atomic E-state index is 5.72. The molecule has 0 amide bonds. The van der Waals surface area contributed by atoms with Crippen molar-refractivity contribution in [3.63, 3.8) is 0 Å². The van der Waals surface area contributed by atoms with Gasteiger partial charge in [-0.15, -0.1) is 0 Å². The van der Waals surface area contributed by atoms with Gasteiger partial charge in [-0.05, 0) is 18.9 Å². The van der Waals surface area contributed by atoms with Crippen molar-refractivity contribution in [2.24, 2.45) is 0 Å². The Labute approximate surface area is 106 Å². The summed E-state index contributed by atoms with van der Waals surface area (Å²) in [6.07, 6.45) is 2.56. The summed E-state index contributed by atoms with van der Waals surface area (Å²) in [5, 5.41) is 0.833. The fourth-order valence-electron chi connectivity index (χ4n) is 1.13. The smallest absolute Gasteiger partial charge is 0.381 e. The first-order chi connectivity index (χ1) is 6.83. The van der Waals surface area contributed by atoms with Gasteiger partial charge in [-0.2, -0.15) is 3.69 Å². The molecule has 0 spiro atoms. The lowest BCUT2D eigenvalue weighted by Gasteiger charge is -1.92. The minimum Gasteiger partial charge on any atom is -0.381 e. The first-order valence-corrected chi connectivity index (χ1v) is 9.69. The second-order valence-electron chi connectivity index (χ2n) is 3.08. The molecule has 0 aliphatic carbocycles. The minimum atomic E-state index is -0.202. The second kappa shape index (κ2) is 7.94. The Morgan fingerprint density at radius 2 is 2.00 bits per heavy atom. The molecule has 0 atom stereocenters. The van der Waals surface area contributed by atoms with E-state index in [2.05, 4.69) is 19.0 Å². The van der Waals surface area contributed by atoms with E-state index in [9.17, 15) is 0 Å². The number of benzene rings is 1. The first kappa shape index (κ1) is 12.8. The normalized spacial score (nSPS) is 14.1. The zero-order valence-corrected chi connectivity index (χ0v) is 11.8. The van der Waals surface area contributed by atoms with E-state index in [1.54, 1.807) is 0 Å². The summed E-state index contributed by atoms with van der Waals surface area (Å²) in [6, 6.07) is 7.96. The number of ether oxygens (including phenoxy) is 1. The third kappa shape index (κ3) is 5.56. The Bertz CT molecular complexity index is 258. The van der Waals surface area contributed by atoms with Crippen molar-refractivity contribution in [1.82, 2.24) is 0 Å². The van der Waals surface area contributed by atoms with E-state index >= 15 is 0 Å². The van der Waals surface area contributed by atoms with E-state index in [1.165, 1.54) is 16.5 Å². The molecule has 1 aliphatic heterocycles. The standard InChI is InChI=1S/C6H4Cl.C4H8O.BrH.Mg/c7-6-4-2-1-3-5-6;1-2-4-5-3-1;;/h1-2,4-5H;1-4H2;1H;/q;;;+1/p-1. The summed E-state index contributed by atoms with van der Waals surface area (Å²) < 4.78 is 6.29. The molecule has 1 heterocycles.